The van der Waals surface area contributed by atoms with E-state index in [2.05, 4.69) is 10.6 Å². The Bertz CT molecular complexity index is 1360. The van der Waals surface area contributed by atoms with Crippen molar-refractivity contribution in [2.45, 2.75) is 18.7 Å². The molecule has 2 atom stereocenters. The number of nitrogens with zero attached hydrogens (tertiary/aromatic N) is 1. The molecule has 180 valence electrons. The van der Waals surface area contributed by atoms with Crippen molar-refractivity contribution in [2.24, 2.45) is 0 Å². The van der Waals surface area contributed by atoms with Gasteiger partial charge < -0.3 is 15.4 Å². The Hall–Kier alpha value is -4.43. The molecule has 5 rings (SSSR count). The molecule has 1 fully saturated rings. The van der Waals surface area contributed by atoms with E-state index < -0.39 is 18.2 Å². The molecule has 7 nitrogen and oxygen atoms in total. The van der Waals surface area contributed by atoms with E-state index in [4.69, 9.17) is 4.74 Å². The smallest absolute Gasteiger partial charge is 0.411 e. The van der Waals surface area contributed by atoms with Crippen LogP contribution in [0.2, 0.25) is 0 Å². The molecular weight excluding hydrogens is 474 g/mol. The number of cyclic esters (lactones) is 1. The predicted octanol–water partition coefficient (Wildman–Crippen LogP) is 5.70. The molecule has 0 radical (unpaired) electrons. The summed E-state index contributed by atoms with van der Waals surface area (Å²) in [5, 5.41) is 7.61. The summed E-state index contributed by atoms with van der Waals surface area (Å²) >= 11 is 1.35. The number of anilines is 2. The van der Waals surface area contributed by atoms with Crippen molar-refractivity contribution in [3.05, 3.63) is 118 Å². The van der Waals surface area contributed by atoms with Crippen LogP contribution in [0.3, 0.4) is 0 Å². The molecule has 36 heavy (non-hydrogen) atoms. The Morgan fingerprint density at radius 3 is 2.28 bits per heavy atom. The van der Waals surface area contributed by atoms with Gasteiger partial charge in [-0.2, -0.15) is 0 Å². The highest BCUT2D eigenvalue weighted by atomic mass is 32.1. The van der Waals surface area contributed by atoms with E-state index in [9.17, 15) is 14.4 Å². The number of hydrogen-bond donors (Lipinski definition) is 2. The fourth-order valence-electron chi connectivity index (χ4n) is 4.12. The third-order valence-corrected chi connectivity index (χ3v) is 6.68. The van der Waals surface area contributed by atoms with Crippen LogP contribution in [0.5, 0.6) is 0 Å². The summed E-state index contributed by atoms with van der Waals surface area (Å²) in [4.78, 5) is 41.1. The van der Waals surface area contributed by atoms with E-state index in [1.165, 1.54) is 16.2 Å². The van der Waals surface area contributed by atoms with Crippen LogP contribution in [0.25, 0.3) is 0 Å². The summed E-state index contributed by atoms with van der Waals surface area (Å²) in [7, 11) is 0. The van der Waals surface area contributed by atoms with Crippen molar-refractivity contribution in [2.75, 3.05) is 10.6 Å². The molecule has 2 N–H and O–H groups in total. The Morgan fingerprint density at radius 2 is 1.56 bits per heavy atom. The molecule has 0 saturated carbocycles. The van der Waals surface area contributed by atoms with Crippen molar-refractivity contribution in [3.8, 4) is 0 Å². The van der Waals surface area contributed by atoms with E-state index in [0.717, 1.165) is 5.56 Å². The maximum atomic E-state index is 13.5. The van der Waals surface area contributed by atoms with Gasteiger partial charge in [0.15, 0.2) is 12.1 Å². The van der Waals surface area contributed by atoms with Crippen LogP contribution in [0, 0.1) is 0 Å². The van der Waals surface area contributed by atoms with Crippen LogP contribution in [0.15, 0.2) is 102 Å². The van der Waals surface area contributed by atoms with Gasteiger partial charge in [0.2, 0.25) is 0 Å². The van der Waals surface area contributed by atoms with Crippen molar-refractivity contribution in [3.63, 3.8) is 0 Å². The summed E-state index contributed by atoms with van der Waals surface area (Å²) < 4.78 is 5.75. The molecule has 4 aromatic rings. The number of hydrogen-bond acceptors (Lipinski definition) is 5. The number of para-hydroxylation sites is 1. The first-order valence-corrected chi connectivity index (χ1v) is 12.3. The van der Waals surface area contributed by atoms with Crippen molar-refractivity contribution in [1.82, 2.24) is 4.90 Å². The van der Waals surface area contributed by atoms with E-state index in [0.29, 0.717) is 21.8 Å². The third kappa shape index (κ3) is 5.13. The topological polar surface area (TPSA) is 87.7 Å². The average Bonchev–Trinajstić information content (AvgIpc) is 3.54. The average molecular weight is 498 g/mol. The lowest BCUT2D eigenvalue weighted by atomic mass is 10.00. The molecule has 1 aliphatic rings. The van der Waals surface area contributed by atoms with Crippen LogP contribution in [0.1, 0.15) is 26.9 Å². The molecular formula is C28H23N3O4S. The van der Waals surface area contributed by atoms with Crippen LogP contribution in [-0.2, 0) is 16.1 Å². The summed E-state index contributed by atoms with van der Waals surface area (Å²) in [5.74, 6) is -0.587. The summed E-state index contributed by atoms with van der Waals surface area (Å²) in [6.45, 7) is 0.220. The number of benzene rings is 3. The third-order valence-electron chi connectivity index (χ3n) is 5.81. The van der Waals surface area contributed by atoms with Crippen molar-refractivity contribution >= 4 is 40.6 Å². The Labute approximate surface area is 212 Å². The first kappa shape index (κ1) is 23.3. The van der Waals surface area contributed by atoms with E-state index >= 15 is 0 Å². The molecule has 8 heteroatoms. The second-order valence-corrected chi connectivity index (χ2v) is 9.22. The van der Waals surface area contributed by atoms with Crippen LogP contribution in [-0.4, -0.2) is 28.8 Å². The van der Waals surface area contributed by atoms with Gasteiger partial charge in [-0.25, -0.2) is 4.79 Å². The number of thiophene rings is 1. The molecule has 2 heterocycles. The lowest BCUT2D eigenvalue weighted by Gasteiger charge is -2.24. The number of carbonyl (C=O) groups is 3. The molecule has 0 bridgehead atoms. The number of ether oxygens (including phenoxy) is 1. The van der Waals surface area contributed by atoms with Gasteiger partial charge in [0.05, 0.1) is 11.4 Å². The van der Waals surface area contributed by atoms with Gasteiger partial charge in [0.25, 0.3) is 11.8 Å². The number of nitrogens with one attached hydrogen (secondary N) is 2. The highest BCUT2D eigenvalue weighted by Gasteiger charge is 2.47. The zero-order valence-corrected chi connectivity index (χ0v) is 20.0. The monoisotopic (exact) mass is 497 g/mol. The van der Waals surface area contributed by atoms with Crippen molar-refractivity contribution < 1.29 is 19.1 Å². The first-order valence-electron chi connectivity index (χ1n) is 11.4. The van der Waals surface area contributed by atoms with Crippen molar-refractivity contribution in [1.29, 1.82) is 0 Å². The maximum absolute atomic E-state index is 13.5. The fraction of sp³-hybridized carbons (Fsp3) is 0.107. The highest BCUT2D eigenvalue weighted by molar-refractivity contribution is 7.12. The maximum Gasteiger partial charge on any atom is 0.411 e. The SMILES string of the molecule is O=C(Nc1cccc(C2OC(=O)N(Cc3ccccc3)C2C(=O)Nc2ccccc2)c1)c1cccs1. The molecule has 1 aliphatic heterocycles. The van der Waals surface area contributed by atoms with Gasteiger partial charge in [-0.05, 0) is 46.8 Å². The minimum atomic E-state index is -0.916. The van der Waals surface area contributed by atoms with Gasteiger partial charge in [-0.15, -0.1) is 11.3 Å². The van der Waals surface area contributed by atoms with Gasteiger partial charge in [0, 0.05) is 11.4 Å². The quantitative estimate of drug-likeness (QED) is 0.343. The number of rotatable bonds is 7. The zero-order chi connectivity index (χ0) is 24.9. The van der Waals surface area contributed by atoms with E-state index in [-0.39, 0.29) is 18.4 Å². The summed E-state index contributed by atoms with van der Waals surface area (Å²) in [6.07, 6.45) is -1.44. The normalized spacial score (nSPS) is 16.9. The van der Waals surface area contributed by atoms with Gasteiger partial charge in [-0.1, -0.05) is 66.7 Å². The van der Waals surface area contributed by atoms with Crippen LogP contribution in [0.4, 0.5) is 16.2 Å². The summed E-state index contributed by atoms with van der Waals surface area (Å²) in [5.41, 5.74) is 2.66. The van der Waals surface area contributed by atoms with Crippen LogP contribution >= 0.6 is 11.3 Å². The first-order chi connectivity index (χ1) is 17.6. The molecule has 3 amide bonds. The lowest BCUT2D eigenvalue weighted by molar-refractivity contribution is -0.121. The Balaban J connectivity index is 1.44. The predicted molar refractivity (Wildman–Crippen MR) is 139 cm³/mol. The van der Waals surface area contributed by atoms with Crippen LogP contribution < -0.4 is 10.6 Å². The lowest BCUT2D eigenvalue weighted by Crippen LogP contribution is -2.43. The Kier molecular flexibility index (Phi) is 6.77. The largest absolute Gasteiger partial charge is 0.438 e. The molecule has 0 spiro atoms. The second kappa shape index (κ2) is 10.5. The molecule has 1 aromatic heterocycles. The van der Waals surface area contributed by atoms with E-state index in [1.807, 2.05) is 60.0 Å². The molecule has 1 saturated heterocycles. The molecule has 0 aliphatic carbocycles. The minimum Gasteiger partial charge on any atom is -0.438 e. The molecule has 3 aromatic carbocycles. The van der Waals surface area contributed by atoms with Gasteiger partial charge >= 0.3 is 6.09 Å². The fourth-order valence-corrected chi connectivity index (χ4v) is 4.74. The number of carbonyl (C=O) groups excluding carboxylic acids is 3. The number of amides is 3. The zero-order valence-electron chi connectivity index (χ0n) is 19.2. The highest BCUT2D eigenvalue weighted by Crippen LogP contribution is 2.35. The Morgan fingerprint density at radius 1 is 0.833 bits per heavy atom. The summed E-state index contributed by atoms with van der Waals surface area (Å²) in [6, 6.07) is 28.2. The molecule has 2 unspecified atom stereocenters. The van der Waals surface area contributed by atoms with E-state index in [1.54, 1.807) is 42.5 Å². The standard InChI is InChI=1S/C28H23N3O4S/c32-26(23-15-8-16-36-23)30-22-14-7-11-20(17-22)25-24(27(33)29-21-12-5-2-6-13-21)31(28(34)35-25)18-19-9-3-1-4-10-19/h1-17,24-25H,18H2,(H,29,33)(H,30,32). The minimum absolute atomic E-state index is 0.220. The van der Waals surface area contributed by atoms with Gasteiger partial charge in [0.1, 0.15) is 0 Å². The second-order valence-electron chi connectivity index (χ2n) is 8.27. The van der Waals surface area contributed by atoms with Gasteiger partial charge in [-0.3, -0.25) is 14.5 Å².